The number of likely N-dealkylation sites (tertiary alicyclic amines) is 1. The fourth-order valence-electron chi connectivity index (χ4n) is 4.86. The first-order valence-electron chi connectivity index (χ1n) is 13.0. The minimum atomic E-state index is -0.834. The van der Waals surface area contributed by atoms with Crippen LogP contribution in [0.5, 0.6) is 5.75 Å². The van der Waals surface area contributed by atoms with Gasteiger partial charge in [0, 0.05) is 25.6 Å². The summed E-state index contributed by atoms with van der Waals surface area (Å²) in [5.74, 6) is 0.166. The van der Waals surface area contributed by atoms with Gasteiger partial charge in [-0.3, -0.25) is 9.59 Å². The molecule has 38 heavy (non-hydrogen) atoms. The number of aryl methyl sites for hydroxylation is 1. The topological polar surface area (TPSA) is 123 Å². The Morgan fingerprint density at radius 1 is 1.16 bits per heavy atom. The molecule has 9 heteroatoms. The van der Waals surface area contributed by atoms with Crippen molar-refractivity contribution in [2.75, 3.05) is 26.8 Å². The van der Waals surface area contributed by atoms with E-state index in [9.17, 15) is 9.59 Å². The lowest BCUT2D eigenvalue weighted by Gasteiger charge is -2.51. The minimum Gasteiger partial charge on any atom is -0.497 e. The summed E-state index contributed by atoms with van der Waals surface area (Å²) in [6, 6.07) is 14.0. The highest BCUT2D eigenvalue weighted by atomic mass is 16.5. The molecular weight excluding hydrogens is 482 g/mol. The summed E-state index contributed by atoms with van der Waals surface area (Å²) in [7, 11) is 1.60. The summed E-state index contributed by atoms with van der Waals surface area (Å²) in [6.45, 7) is 5.57. The van der Waals surface area contributed by atoms with Gasteiger partial charge in [-0.15, -0.1) is 0 Å². The number of aromatic nitrogens is 2. The summed E-state index contributed by atoms with van der Waals surface area (Å²) in [4.78, 5) is 35.6. The Balaban J connectivity index is 1.51. The van der Waals surface area contributed by atoms with Gasteiger partial charge in [-0.2, -0.15) is 0 Å². The summed E-state index contributed by atoms with van der Waals surface area (Å²) < 4.78 is 11.6. The Kier molecular flexibility index (Phi) is 8.81. The van der Waals surface area contributed by atoms with Gasteiger partial charge in [-0.05, 0) is 42.2 Å². The lowest BCUT2D eigenvalue weighted by molar-refractivity contribution is -0.175. The third kappa shape index (κ3) is 6.23. The number of carbonyl (C=O) groups excluding carboxylic acids is 2. The molecule has 3 aromatic rings. The maximum absolute atomic E-state index is 13.8. The van der Waals surface area contributed by atoms with Crippen LogP contribution in [0.4, 0.5) is 0 Å². The maximum Gasteiger partial charge on any atom is 0.245 e. The molecule has 202 valence electrons. The number of carbonyl (C=O) groups is 2. The van der Waals surface area contributed by atoms with Crippen molar-refractivity contribution in [2.45, 2.75) is 50.8 Å². The molecule has 0 bridgehead atoms. The number of benzene rings is 2. The van der Waals surface area contributed by atoms with Crippen molar-refractivity contribution >= 4 is 11.8 Å². The predicted molar refractivity (Wildman–Crippen MR) is 145 cm³/mol. The van der Waals surface area contributed by atoms with Crippen LogP contribution >= 0.6 is 0 Å². The van der Waals surface area contributed by atoms with Gasteiger partial charge in [0.15, 0.2) is 0 Å². The molecule has 4 rings (SSSR count). The van der Waals surface area contributed by atoms with Crippen LogP contribution in [0.25, 0.3) is 0 Å². The van der Waals surface area contributed by atoms with Gasteiger partial charge in [-0.25, -0.2) is 4.98 Å². The van der Waals surface area contributed by atoms with E-state index in [0.29, 0.717) is 31.8 Å². The van der Waals surface area contributed by atoms with E-state index in [1.807, 2.05) is 36.4 Å². The highest BCUT2D eigenvalue weighted by Crippen LogP contribution is 2.38. The molecule has 0 aliphatic carbocycles. The van der Waals surface area contributed by atoms with Gasteiger partial charge in [0.05, 0.1) is 38.3 Å². The molecule has 4 N–H and O–H groups in total. The number of hydrogen-bond donors (Lipinski definition) is 3. The van der Waals surface area contributed by atoms with E-state index in [2.05, 4.69) is 41.3 Å². The number of nitrogens with zero attached hydrogens (tertiary/aromatic N) is 2. The number of amides is 2. The van der Waals surface area contributed by atoms with Crippen LogP contribution in [0.3, 0.4) is 0 Å². The number of H-pyrrole nitrogens is 1. The quantitative estimate of drug-likeness (QED) is 0.338. The number of imidazole rings is 1. The standard InChI is InChI=1S/C29H37N5O4/c1-4-13-38-29(24-8-6-5-7-20(24)2)17-34(18-29)28(36)26(14-21-9-11-23(37-3)12-10-21)33-27(35)25(30)15-22-16-31-19-32-22/h5-12,16,19,25-26H,4,13-15,17-18,30H2,1-3H3,(H,31,32)(H,33,35)/t25-,26?/m0/s1. The number of ether oxygens (including phenoxy) is 2. The number of hydrogen-bond acceptors (Lipinski definition) is 6. The Bertz CT molecular complexity index is 1210. The second kappa shape index (κ2) is 12.2. The van der Waals surface area contributed by atoms with E-state index in [4.69, 9.17) is 15.2 Å². The molecule has 1 unspecified atom stereocenters. The highest BCUT2D eigenvalue weighted by Gasteiger charge is 2.49. The van der Waals surface area contributed by atoms with Gasteiger partial charge in [0.1, 0.15) is 17.4 Å². The molecule has 0 radical (unpaired) electrons. The molecule has 1 aliphatic heterocycles. The second-order valence-corrected chi connectivity index (χ2v) is 9.84. The van der Waals surface area contributed by atoms with Crippen LogP contribution in [0, 0.1) is 6.92 Å². The smallest absolute Gasteiger partial charge is 0.245 e. The summed E-state index contributed by atoms with van der Waals surface area (Å²) >= 11 is 0. The van der Waals surface area contributed by atoms with Crippen molar-refractivity contribution in [3.05, 3.63) is 83.4 Å². The van der Waals surface area contributed by atoms with E-state index in [-0.39, 0.29) is 12.3 Å². The molecule has 1 fully saturated rings. The van der Waals surface area contributed by atoms with Crippen molar-refractivity contribution in [3.8, 4) is 5.75 Å². The Morgan fingerprint density at radius 3 is 2.53 bits per heavy atom. The molecule has 1 aliphatic rings. The number of nitrogens with one attached hydrogen (secondary N) is 2. The van der Waals surface area contributed by atoms with Gasteiger partial charge in [0.25, 0.3) is 0 Å². The lowest BCUT2D eigenvalue weighted by atomic mass is 9.82. The molecule has 2 amide bonds. The number of methoxy groups -OCH3 is 1. The van der Waals surface area contributed by atoms with E-state index in [0.717, 1.165) is 28.9 Å². The van der Waals surface area contributed by atoms with Gasteiger partial charge in [0.2, 0.25) is 11.8 Å². The number of nitrogens with two attached hydrogens (primary N) is 1. The van der Waals surface area contributed by atoms with E-state index >= 15 is 0 Å². The molecule has 0 spiro atoms. The maximum atomic E-state index is 13.8. The van der Waals surface area contributed by atoms with Crippen molar-refractivity contribution in [1.29, 1.82) is 0 Å². The Hall–Kier alpha value is -3.69. The first-order chi connectivity index (χ1) is 18.3. The number of aromatic amines is 1. The minimum absolute atomic E-state index is 0.162. The van der Waals surface area contributed by atoms with Crippen LogP contribution in [-0.4, -0.2) is 65.6 Å². The van der Waals surface area contributed by atoms with Crippen LogP contribution in [-0.2, 0) is 32.8 Å². The molecular formula is C29H37N5O4. The molecule has 0 saturated carbocycles. The zero-order chi connectivity index (χ0) is 27.1. The fourth-order valence-corrected chi connectivity index (χ4v) is 4.86. The zero-order valence-electron chi connectivity index (χ0n) is 22.3. The Labute approximate surface area is 223 Å². The van der Waals surface area contributed by atoms with Gasteiger partial charge in [-0.1, -0.05) is 43.3 Å². The predicted octanol–water partition coefficient (Wildman–Crippen LogP) is 2.49. The molecule has 9 nitrogen and oxygen atoms in total. The van der Waals surface area contributed by atoms with E-state index < -0.39 is 23.6 Å². The average molecular weight is 520 g/mol. The van der Waals surface area contributed by atoms with Crippen LogP contribution in [0.1, 0.15) is 35.7 Å². The van der Waals surface area contributed by atoms with Crippen molar-refractivity contribution in [1.82, 2.24) is 20.2 Å². The third-order valence-electron chi connectivity index (χ3n) is 6.96. The summed E-state index contributed by atoms with van der Waals surface area (Å²) in [5, 5.41) is 2.91. The molecule has 2 atom stereocenters. The second-order valence-electron chi connectivity index (χ2n) is 9.84. The third-order valence-corrected chi connectivity index (χ3v) is 6.96. The van der Waals surface area contributed by atoms with Crippen LogP contribution < -0.4 is 15.8 Å². The fraction of sp³-hybridized carbons (Fsp3) is 0.414. The number of rotatable bonds is 12. The summed E-state index contributed by atoms with van der Waals surface area (Å²) in [5.41, 5.74) is 9.43. The molecule has 2 aromatic carbocycles. The SMILES string of the molecule is CCCOC1(c2ccccc2C)CN(C(=O)C(Cc2ccc(OC)cc2)NC(=O)[C@@H](N)Cc2c[nH]cn2)C1. The van der Waals surface area contributed by atoms with Crippen molar-refractivity contribution in [2.24, 2.45) is 5.73 Å². The lowest BCUT2D eigenvalue weighted by Crippen LogP contribution is -2.66. The Morgan fingerprint density at radius 2 is 1.89 bits per heavy atom. The zero-order valence-corrected chi connectivity index (χ0v) is 22.3. The molecule has 1 saturated heterocycles. The average Bonchev–Trinajstić information content (AvgIpc) is 3.41. The highest BCUT2D eigenvalue weighted by molar-refractivity contribution is 5.90. The van der Waals surface area contributed by atoms with E-state index in [1.165, 1.54) is 0 Å². The normalized spacial score (nSPS) is 15.8. The first kappa shape index (κ1) is 27.3. The summed E-state index contributed by atoms with van der Waals surface area (Å²) in [6.07, 6.45) is 4.72. The first-order valence-corrected chi connectivity index (χ1v) is 13.0. The van der Waals surface area contributed by atoms with E-state index in [1.54, 1.807) is 24.5 Å². The monoisotopic (exact) mass is 519 g/mol. The van der Waals surface area contributed by atoms with Gasteiger partial charge < -0.3 is 30.4 Å². The molecule has 1 aromatic heterocycles. The largest absolute Gasteiger partial charge is 0.497 e. The van der Waals surface area contributed by atoms with Crippen LogP contribution in [0.2, 0.25) is 0 Å². The van der Waals surface area contributed by atoms with Crippen molar-refractivity contribution in [3.63, 3.8) is 0 Å². The van der Waals surface area contributed by atoms with Crippen LogP contribution in [0.15, 0.2) is 61.1 Å². The van der Waals surface area contributed by atoms with Gasteiger partial charge >= 0.3 is 0 Å². The molecule has 2 heterocycles. The van der Waals surface area contributed by atoms with Crippen molar-refractivity contribution < 1.29 is 19.1 Å².